The van der Waals surface area contributed by atoms with Crippen LogP contribution in [0.3, 0.4) is 0 Å². The predicted molar refractivity (Wildman–Crippen MR) is 88.3 cm³/mol. The predicted octanol–water partition coefficient (Wildman–Crippen LogP) is 2.83. The van der Waals surface area contributed by atoms with E-state index in [2.05, 4.69) is 0 Å². The second-order valence-electron chi connectivity index (χ2n) is 5.21. The molecule has 2 aromatic carbocycles. The fraction of sp³-hybridized carbons (Fsp3) is 0.278. The van der Waals surface area contributed by atoms with E-state index in [1.807, 2.05) is 0 Å². The summed E-state index contributed by atoms with van der Waals surface area (Å²) in [5, 5.41) is 19.5. The molecule has 0 radical (unpaired) electrons. The number of hydrogen-bond donors (Lipinski definition) is 2. The van der Waals surface area contributed by atoms with E-state index in [4.69, 9.17) is 14.2 Å². The Labute approximate surface area is 140 Å². The standard InChI is InChI=1S/C18H20O6/c1-22-12-5-6-13(17(10-12)24-3)14(18(20)21)8-11-4-7-16(23-2)15(19)9-11/h4-7,9-10,14,19H,8H2,1-3H3,(H,20,21). The number of carboxylic acids is 1. The van der Waals surface area contributed by atoms with Gasteiger partial charge in [0.2, 0.25) is 0 Å². The molecular formula is C18H20O6. The molecule has 6 heteroatoms. The van der Waals surface area contributed by atoms with Gasteiger partial charge in [-0.15, -0.1) is 0 Å². The van der Waals surface area contributed by atoms with Crippen LogP contribution in [0.1, 0.15) is 17.0 Å². The molecule has 6 nitrogen and oxygen atoms in total. The van der Waals surface area contributed by atoms with Gasteiger partial charge in [0.1, 0.15) is 11.5 Å². The lowest BCUT2D eigenvalue weighted by Gasteiger charge is -2.17. The maximum Gasteiger partial charge on any atom is 0.311 e. The molecule has 24 heavy (non-hydrogen) atoms. The van der Waals surface area contributed by atoms with E-state index >= 15 is 0 Å². The summed E-state index contributed by atoms with van der Waals surface area (Å²) in [5.41, 5.74) is 1.22. The molecule has 0 aromatic heterocycles. The zero-order valence-corrected chi connectivity index (χ0v) is 13.8. The van der Waals surface area contributed by atoms with Gasteiger partial charge in [-0.1, -0.05) is 12.1 Å². The smallest absolute Gasteiger partial charge is 0.311 e. The molecule has 0 fully saturated rings. The first-order valence-corrected chi connectivity index (χ1v) is 7.30. The van der Waals surface area contributed by atoms with Gasteiger partial charge in [0.25, 0.3) is 0 Å². The number of ether oxygens (including phenoxy) is 3. The molecule has 0 saturated carbocycles. The number of hydrogen-bond acceptors (Lipinski definition) is 5. The summed E-state index contributed by atoms with van der Waals surface area (Å²) in [6.07, 6.45) is 0.204. The fourth-order valence-electron chi connectivity index (χ4n) is 2.53. The Hall–Kier alpha value is -2.89. The first kappa shape index (κ1) is 17.5. The number of aromatic hydroxyl groups is 1. The van der Waals surface area contributed by atoms with Gasteiger partial charge in [0.15, 0.2) is 11.5 Å². The molecule has 0 amide bonds. The summed E-state index contributed by atoms with van der Waals surface area (Å²) < 4.78 is 15.4. The summed E-state index contributed by atoms with van der Waals surface area (Å²) in [6, 6.07) is 9.86. The largest absolute Gasteiger partial charge is 0.504 e. The van der Waals surface area contributed by atoms with Crippen molar-refractivity contribution in [2.75, 3.05) is 21.3 Å². The molecule has 0 heterocycles. The number of phenols is 1. The number of aliphatic carboxylic acids is 1. The lowest BCUT2D eigenvalue weighted by molar-refractivity contribution is -0.138. The Morgan fingerprint density at radius 1 is 1.00 bits per heavy atom. The fourth-order valence-corrected chi connectivity index (χ4v) is 2.53. The minimum Gasteiger partial charge on any atom is -0.504 e. The Kier molecular flexibility index (Phi) is 5.52. The van der Waals surface area contributed by atoms with Crippen molar-refractivity contribution in [1.29, 1.82) is 0 Å². The average Bonchev–Trinajstić information content (AvgIpc) is 2.59. The van der Waals surface area contributed by atoms with Gasteiger partial charge < -0.3 is 24.4 Å². The maximum absolute atomic E-state index is 11.8. The van der Waals surface area contributed by atoms with Crippen LogP contribution in [0.4, 0.5) is 0 Å². The van der Waals surface area contributed by atoms with Crippen molar-refractivity contribution in [1.82, 2.24) is 0 Å². The second-order valence-corrected chi connectivity index (χ2v) is 5.21. The molecule has 0 saturated heterocycles. The molecule has 0 aliphatic carbocycles. The van der Waals surface area contributed by atoms with Gasteiger partial charge in [0, 0.05) is 11.6 Å². The Bertz CT molecular complexity index is 725. The summed E-state index contributed by atoms with van der Waals surface area (Å²) in [5.74, 6) is -0.456. The minimum absolute atomic E-state index is 0.0270. The van der Waals surface area contributed by atoms with Gasteiger partial charge in [-0.25, -0.2) is 0 Å². The summed E-state index contributed by atoms with van der Waals surface area (Å²) in [7, 11) is 4.47. The Morgan fingerprint density at radius 3 is 2.25 bits per heavy atom. The third kappa shape index (κ3) is 3.71. The van der Waals surface area contributed by atoms with Crippen LogP contribution in [0.2, 0.25) is 0 Å². The van der Waals surface area contributed by atoms with Crippen LogP contribution in [-0.4, -0.2) is 37.5 Å². The van der Waals surface area contributed by atoms with Gasteiger partial charge >= 0.3 is 5.97 Å². The number of methoxy groups -OCH3 is 3. The van der Waals surface area contributed by atoms with Crippen molar-refractivity contribution in [3.05, 3.63) is 47.5 Å². The quantitative estimate of drug-likeness (QED) is 0.811. The number of phenolic OH excluding ortho intramolecular Hbond substituents is 1. The average molecular weight is 332 g/mol. The van der Waals surface area contributed by atoms with E-state index in [0.29, 0.717) is 28.4 Å². The molecule has 128 valence electrons. The van der Waals surface area contributed by atoms with Crippen LogP contribution in [0.5, 0.6) is 23.0 Å². The first-order valence-electron chi connectivity index (χ1n) is 7.30. The molecular weight excluding hydrogens is 312 g/mol. The van der Waals surface area contributed by atoms with E-state index in [1.165, 1.54) is 27.4 Å². The van der Waals surface area contributed by atoms with Gasteiger partial charge in [-0.2, -0.15) is 0 Å². The highest BCUT2D eigenvalue weighted by molar-refractivity contribution is 5.78. The zero-order valence-electron chi connectivity index (χ0n) is 13.8. The highest BCUT2D eigenvalue weighted by Crippen LogP contribution is 2.34. The number of benzene rings is 2. The third-order valence-electron chi connectivity index (χ3n) is 3.80. The van der Waals surface area contributed by atoms with E-state index < -0.39 is 11.9 Å². The molecule has 1 atom stereocenters. The van der Waals surface area contributed by atoms with E-state index in [-0.39, 0.29) is 12.2 Å². The van der Waals surface area contributed by atoms with Crippen LogP contribution >= 0.6 is 0 Å². The molecule has 0 spiro atoms. The summed E-state index contributed by atoms with van der Waals surface area (Å²) in [6.45, 7) is 0. The number of carboxylic acid groups (broad SMARTS) is 1. The van der Waals surface area contributed by atoms with Crippen molar-refractivity contribution in [2.45, 2.75) is 12.3 Å². The summed E-state index contributed by atoms with van der Waals surface area (Å²) >= 11 is 0. The van der Waals surface area contributed by atoms with Crippen molar-refractivity contribution < 1.29 is 29.2 Å². The second kappa shape index (κ2) is 7.59. The monoisotopic (exact) mass is 332 g/mol. The van der Waals surface area contributed by atoms with Crippen LogP contribution in [0.15, 0.2) is 36.4 Å². The van der Waals surface area contributed by atoms with Crippen LogP contribution < -0.4 is 14.2 Å². The van der Waals surface area contributed by atoms with Crippen molar-refractivity contribution >= 4 is 5.97 Å². The highest BCUT2D eigenvalue weighted by atomic mass is 16.5. The van der Waals surface area contributed by atoms with Crippen LogP contribution in [0.25, 0.3) is 0 Å². The van der Waals surface area contributed by atoms with E-state index in [9.17, 15) is 15.0 Å². The summed E-state index contributed by atoms with van der Waals surface area (Å²) in [4.78, 5) is 11.8. The van der Waals surface area contributed by atoms with Gasteiger partial charge in [-0.3, -0.25) is 4.79 Å². The first-order chi connectivity index (χ1) is 11.5. The van der Waals surface area contributed by atoms with Gasteiger partial charge in [0.05, 0.1) is 27.2 Å². The highest BCUT2D eigenvalue weighted by Gasteiger charge is 2.24. The number of carbonyl (C=O) groups is 1. The normalized spacial score (nSPS) is 11.6. The van der Waals surface area contributed by atoms with Gasteiger partial charge in [-0.05, 0) is 30.2 Å². The van der Waals surface area contributed by atoms with E-state index in [1.54, 1.807) is 30.3 Å². The lowest BCUT2D eigenvalue weighted by Crippen LogP contribution is -2.15. The Morgan fingerprint density at radius 2 is 1.71 bits per heavy atom. The Balaban J connectivity index is 2.37. The van der Waals surface area contributed by atoms with E-state index in [0.717, 1.165) is 0 Å². The molecule has 0 aliphatic heterocycles. The molecule has 1 unspecified atom stereocenters. The zero-order chi connectivity index (χ0) is 17.7. The molecule has 2 N–H and O–H groups in total. The molecule has 0 aliphatic rings. The maximum atomic E-state index is 11.8. The lowest BCUT2D eigenvalue weighted by atomic mass is 9.91. The third-order valence-corrected chi connectivity index (χ3v) is 3.80. The SMILES string of the molecule is COc1ccc(C(Cc2ccc(OC)c(O)c2)C(=O)O)c(OC)c1. The van der Waals surface area contributed by atoms with Crippen molar-refractivity contribution in [3.63, 3.8) is 0 Å². The number of rotatable bonds is 7. The van der Waals surface area contributed by atoms with Crippen molar-refractivity contribution in [2.24, 2.45) is 0 Å². The van der Waals surface area contributed by atoms with Crippen LogP contribution in [-0.2, 0) is 11.2 Å². The molecule has 2 rings (SSSR count). The molecule has 2 aromatic rings. The van der Waals surface area contributed by atoms with Crippen LogP contribution in [0, 0.1) is 0 Å². The van der Waals surface area contributed by atoms with Crippen molar-refractivity contribution in [3.8, 4) is 23.0 Å². The topological polar surface area (TPSA) is 85.2 Å². The molecule has 0 bridgehead atoms. The minimum atomic E-state index is -0.978.